The summed E-state index contributed by atoms with van der Waals surface area (Å²) in [5.41, 5.74) is 6.56. The van der Waals surface area contributed by atoms with Gasteiger partial charge in [0.2, 0.25) is 0 Å². The number of rotatable bonds is 3. The molecular weight excluding hydrogens is 292 g/mol. The highest BCUT2D eigenvalue weighted by molar-refractivity contribution is 7.91. The maximum atomic E-state index is 12.7. The number of amides is 1. The van der Waals surface area contributed by atoms with Crippen LogP contribution in [0.2, 0.25) is 0 Å². The summed E-state index contributed by atoms with van der Waals surface area (Å²) in [5.74, 6) is 0.122. The van der Waals surface area contributed by atoms with Crippen LogP contribution in [0, 0.1) is 0 Å². The number of carbonyl (C=O) groups is 1. The monoisotopic (exact) mass is 312 g/mol. The molecule has 6 nitrogen and oxygen atoms in total. The number of nitrogens with two attached hydrogens (primary N) is 1. The Balaban J connectivity index is 2.32. The first-order valence-electron chi connectivity index (χ1n) is 6.88. The van der Waals surface area contributed by atoms with E-state index in [0.29, 0.717) is 23.6 Å². The molecule has 1 saturated heterocycles. The lowest BCUT2D eigenvalue weighted by Gasteiger charge is -2.33. The lowest BCUT2D eigenvalue weighted by atomic mass is 10.1. The highest BCUT2D eigenvalue weighted by Gasteiger charge is 2.33. The number of hydrogen-bond donors (Lipinski definition) is 1. The molecule has 1 unspecified atom stereocenters. The number of carbonyl (C=O) groups excluding carboxylic acids is 1. The van der Waals surface area contributed by atoms with E-state index in [2.05, 4.69) is 0 Å². The van der Waals surface area contributed by atoms with Crippen LogP contribution < -0.4 is 10.5 Å². The van der Waals surface area contributed by atoms with E-state index >= 15 is 0 Å². The predicted octanol–water partition coefficient (Wildman–Crippen LogP) is 0.927. The second kappa shape index (κ2) is 5.93. The molecule has 1 aromatic rings. The zero-order valence-corrected chi connectivity index (χ0v) is 13.0. The molecule has 1 aromatic carbocycles. The third-order valence-electron chi connectivity index (χ3n) is 3.50. The van der Waals surface area contributed by atoms with Gasteiger partial charge in [-0.15, -0.1) is 0 Å². The normalized spacial score (nSPS) is 21.0. The van der Waals surface area contributed by atoms with Crippen LogP contribution in [0.4, 0.5) is 5.69 Å². The molecule has 1 aliphatic rings. The molecule has 2 rings (SSSR count). The van der Waals surface area contributed by atoms with E-state index in [1.807, 2.05) is 6.92 Å². The fourth-order valence-corrected chi connectivity index (χ4v) is 4.05. The number of ether oxygens (including phenoxy) is 1. The van der Waals surface area contributed by atoms with Gasteiger partial charge in [-0.1, -0.05) is 6.07 Å². The maximum absolute atomic E-state index is 12.7. The molecule has 2 N–H and O–H groups in total. The number of benzene rings is 1. The first-order chi connectivity index (χ1) is 9.85. The molecule has 0 bridgehead atoms. The molecule has 1 aliphatic heterocycles. The van der Waals surface area contributed by atoms with Crippen molar-refractivity contribution in [2.45, 2.75) is 19.9 Å². The summed E-state index contributed by atoms with van der Waals surface area (Å²) in [7, 11) is -3.07. The number of nitrogens with zero attached hydrogens (tertiary/aromatic N) is 1. The standard InChI is InChI=1S/C14H20N2O4S/c1-3-20-12-6-4-5-11(15)13(12)14(17)16-7-8-21(18,19)9-10(16)2/h4-6,10H,3,7-9,15H2,1-2H3. The molecule has 7 heteroatoms. The lowest BCUT2D eigenvalue weighted by Crippen LogP contribution is -2.49. The van der Waals surface area contributed by atoms with Crippen LogP contribution in [0.15, 0.2) is 18.2 Å². The molecule has 1 amide bonds. The van der Waals surface area contributed by atoms with Gasteiger partial charge in [-0.25, -0.2) is 8.42 Å². The highest BCUT2D eigenvalue weighted by atomic mass is 32.2. The van der Waals surface area contributed by atoms with Crippen molar-refractivity contribution in [3.05, 3.63) is 23.8 Å². The number of hydrogen-bond acceptors (Lipinski definition) is 5. The lowest BCUT2D eigenvalue weighted by molar-refractivity contribution is 0.0709. The Hall–Kier alpha value is -1.76. The van der Waals surface area contributed by atoms with Crippen molar-refractivity contribution >= 4 is 21.4 Å². The Morgan fingerprint density at radius 2 is 2.19 bits per heavy atom. The van der Waals surface area contributed by atoms with Crippen LogP contribution >= 0.6 is 0 Å². The highest BCUT2D eigenvalue weighted by Crippen LogP contribution is 2.27. The first kappa shape index (κ1) is 15.6. The molecule has 0 aliphatic carbocycles. The summed E-state index contributed by atoms with van der Waals surface area (Å²) < 4.78 is 28.7. The van der Waals surface area contributed by atoms with Crippen molar-refractivity contribution in [2.24, 2.45) is 0 Å². The van der Waals surface area contributed by atoms with Gasteiger partial charge in [0.25, 0.3) is 5.91 Å². The van der Waals surface area contributed by atoms with Crippen LogP contribution in [0.5, 0.6) is 5.75 Å². The molecular formula is C14H20N2O4S. The minimum Gasteiger partial charge on any atom is -0.493 e. The summed E-state index contributed by atoms with van der Waals surface area (Å²) in [6.45, 7) is 4.16. The molecule has 0 spiro atoms. The SMILES string of the molecule is CCOc1cccc(N)c1C(=O)N1CCS(=O)(=O)CC1C. The van der Waals surface area contributed by atoms with Gasteiger partial charge in [0.05, 0.1) is 18.1 Å². The summed E-state index contributed by atoms with van der Waals surface area (Å²) in [4.78, 5) is 14.3. The average molecular weight is 312 g/mol. The van der Waals surface area contributed by atoms with Gasteiger partial charge in [0.1, 0.15) is 11.3 Å². The van der Waals surface area contributed by atoms with Crippen LogP contribution in [0.1, 0.15) is 24.2 Å². The molecule has 0 aromatic heterocycles. The van der Waals surface area contributed by atoms with Crippen LogP contribution in [-0.2, 0) is 9.84 Å². The Labute approximate surface area is 124 Å². The molecule has 1 fully saturated rings. The topological polar surface area (TPSA) is 89.7 Å². The number of sulfone groups is 1. The first-order valence-corrected chi connectivity index (χ1v) is 8.70. The van der Waals surface area contributed by atoms with Crippen LogP contribution in [0.25, 0.3) is 0 Å². The summed E-state index contributed by atoms with van der Waals surface area (Å²) in [6.07, 6.45) is 0. The maximum Gasteiger partial charge on any atom is 0.260 e. The van der Waals surface area contributed by atoms with Gasteiger partial charge in [0, 0.05) is 18.3 Å². The van der Waals surface area contributed by atoms with E-state index in [1.54, 1.807) is 30.0 Å². The number of anilines is 1. The molecule has 0 saturated carbocycles. The minimum absolute atomic E-state index is 0.0141. The van der Waals surface area contributed by atoms with Crippen molar-refractivity contribution in [2.75, 3.05) is 30.4 Å². The van der Waals surface area contributed by atoms with Gasteiger partial charge in [-0.2, -0.15) is 0 Å². The molecule has 1 atom stereocenters. The van der Waals surface area contributed by atoms with Gasteiger partial charge in [0.15, 0.2) is 9.84 Å². The second-order valence-corrected chi connectivity index (χ2v) is 7.34. The van der Waals surface area contributed by atoms with E-state index < -0.39 is 9.84 Å². The number of nitrogen functional groups attached to an aromatic ring is 1. The Kier molecular flexibility index (Phi) is 4.41. The van der Waals surface area contributed by atoms with Gasteiger partial charge in [-0.3, -0.25) is 4.79 Å². The van der Waals surface area contributed by atoms with Crippen molar-refractivity contribution in [3.8, 4) is 5.75 Å². The van der Waals surface area contributed by atoms with Crippen LogP contribution in [-0.4, -0.2) is 49.9 Å². The Morgan fingerprint density at radius 3 is 2.81 bits per heavy atom. The van der Waals surface area contributed by atoms with E-state index in [9.17, 15) is 13.2 Å². The van der Waals surface area contributed by atoms with E-state index in [1.165, 1.54) is 0 Å². The van der Waals surface area contributed by atoms with Crippen molar-refractivity contribution in [1.82, 2.24) is 4.90 Å². The fraction of sp³-hybridized carbons (Fsp3) is 0.500. The summed E-state index contributed by atoms with van der Waals surface area (Å²) in [6, 6.07) is 4.69. The summed E-state index contributed by atoms with van der Waals surface area (Å²) in [5, 5.41) is 0. The van der Waals surface area contributed by atoms with Crippen molar-refractivity contribution < 1.29 is 17.9 Å². The van der Waals surface area contributed by atoms with Gasteiger partial charge >= 0.3 is 0 Å². The minimum atomic E-state index is -3.07. The van der Waals surface area contributed by atoms with Crippen LogP contribution in [0.3, 0.4) is 0 Å². The average Bonchev–Trinajstić information content (AvgIpc) is 2.37. The molecule has 1 heterocycles. The van der Waals surface area contributed by atoms with E-state index in [0.717, 1.165) is 0 Å². The Bertz CT molecular complexity index is 642. The zero-order valence-electron chi connectivity index (χ0n) is 12.2. The Morgan fingerprint density at radius 1 is 1.48 bits per heavy atom. The fourth-order valence-electron chi connectivity index (χ4n) is 2.50. The third-order valence-corrected chi connectivity index (χ3v) is 5.30. The molecule has 0 radical (unpaired) electrons. The largest absolute Gasteiger partial charge is 0.493 e. The van der Waals surface area contributed by atoms with Gasteiger partial charge < -0.3 is 15.4 Å². The quantitative estimate of drug-likeness (QED) is 0.839. The van der Waals surface area contributed by atoms with Gasteiger partial charge in [-0.05, 0) is 26.0 Å². The van der Waals surface area contributed by atoms with Crippen molar-refractivity contribution in [3.63, 3.8) is 0 Å². The zero-order chi connectivity index (χ0) is 15.6. The summed E-state index contributed by atoms with van der Waals surface area (Å²) >= 11 is 0. The molecule has 21 heavy (non-hydrogen) atoms. The smallest absolute Gasteiger partial charge is 0.260 e. The van der Waals surface area contributed by atoms with E-state index in [-0.39, 0.29) is 30.0 Å². The van der Waals surface area contributed by atoms with E-state index in [4.69, 9.17) is 10.5 Å². The molecule has 116 valence electrons. The second-order valence-electron chi connectivity index (χ2n) is 5.12. The predicted molar refractivity (Wildman–Crippen MR) is 81.2 cm³/mol. The van der Waals surface area contributed by atoms with Crippen molar-refractivity contribution in [1.29, 1.82) is 0 Å². The third kappa shape index (κ3) is 3.29.